The molecule has 2 aromatic heterocycles. The van der Waals surface area contributed by atoms with Crippen LogP contribution in [0, 0.1) is 18.6 Å². The highest BCUT2D eigenvalue weighted by molar-refractivity contribution is 5.90. The first-order chi connectivity index (χ1) is 12.4. The van der Waals surface area contributed by atoms with Crippen molar-refractivity contribution in [2.45, 2.75) is 19.4 Å². The zero-order valence-corrected chi connectivity index (χ0v) is 13.8. The van der Waals surface area contributed by atoms with E-state index in [1.165, 1.54) is 12.3 Å². The summed E-state index contributed by atoms with van der Waals surface area (Å²) in [5.41, 5.74) is 2.00. The Morgan fingerprint density at radius 3 is 2.92 bits per heavy atom. The van der Waals surface area contributed by atoms with E-state index in [1.54, 1.807) is 17.5 Å². The van der Waals surface area contributed by atoms with Gasteiger partial charge in [-0.15, -0.1) is 0 Å². The van der Waals surface area contributed by atoms with Crippen LogP contribution in [0.15, 0.2) is 30.6 Å². The van der Waals surface area contributed by atoms with Crippen molar-refractivity contribution >= 4 is 17.3 Å². The molecule has 1 unspecified atom stereocenters. The quantitative estimate of drug-likeness (QED) is 0.748. The van der Waals surface area contributed by atoms with Gasteiger partial charge in [-0.25, -0.2) is 18.6 Å². The zero-order chi connectivity index (χ0) is 18.4. The van der Waals surface area contributed by atoms with Crippen molar-refractivity contribution in [1.29, 1.82) is 0 Å². The number of fused-ring (bicyclic) bond motifs is 2. The van der Waals surface area contributed by atoms with Crippen molar-refractivity contribution < 1.29 is 23.4 Å². The van der Waals surface area contributed by atoms with Gasteiger partial charge < -0.3 is 19.6 Å². The van der Waals surface area contributed by atoms with Gasteiger partial charge in [0, 0.05) is 30.9 Å². The van der Waals surface area contributed by atoms with Crippen LogP contribution in [-0.2, 0) is 0 Å². The Labute approximate surface area is 147 Å². The molecular formula is C18H15F2N3O3. The summed E-state index contributed by atoms with van der Waals surface area (Å²) in [7, 11) is 0. The minimum atomic E-state index is -1.08. The molecule has 1 atom stereocenters. The maximum atomic E-state index is 14.3. The molecule has 0 aliphatic carbocycles. The van der Waals surface area contributed by atoms with Crippen LogP contribution in [0.3, 0.4) is 0 Å². The number of benzene rings is 1. The molecule has 26 heavy (non-hydrogen) atoms. The molecular weight excluding hydrogens is 344 g/mol. The van der Waals surface area contributed by atoms with E-state index in [4.69, 9.17) is 4.74 Å². The molecule has 3 aromatic rings. The molecule has 0 saturated heterocycles. The van der Waals surface area contributed by atoms with Gasteiger partial charge in [-0.2, -0.15) is 0 Å². The summed E-state index contributed by atoms with van der Waals surface area (Å²) < 4.78 is 34.8. The number of carboxylic acids is 1. The highest BCUT2D eigenvalue weighted by Crippen LogP contribution is 2.37. The fourth-order valence-corrected chi connectivity index (χ4v) is 3.23. The van der Waals surface area contributed by atoms with Crippen LogP contribution in [0.1, 0.15) is 34.1 Å². The first-order valence-electron chi connectivity index (χ1n) is 8.03. The molecule has 1 aliphatic rings. The molecule has 1 aliphatic heterocycles. The number of carbonyl (C=O) groups is 1. The van der Waals surface area contributed by atoms with Gasteiger partial charge in [0.15, 0.2) is 5.65 Å². The largest absolute Gasteiger partial charge is 0.493 e. The van der Waals surface area contributed by atoms with Gasteiger partial charge in [0.2, 0.25) is 0 Å². The molecule has 0 spiro atoms. The molecule has 0 bridgehead atoms. The molecule has 1 aromatic carbocycles. The van der Waals surface area contributed by atoms with Gasteiger partial charge in [0.25, 0.3) is 0 Å². The monoisotopic (exact) mass is 359 g/mol. The number of aromatic nitrogens is 2. The van der Waals surface area contributed by atoms with Gasteiger partial charge in [-0.3, -0.25) is 0 Å². The minimum Gasteiger partial charge on any atom is -0.493 e. The van der Waals surface area contributed by atoms with E-state index in [-0.39, 0.29) is 23.5 Å². The molecule has 0 fully saturated rings. The first-order valence-corrected chi connectivity index (χ1v) is 8.03. The lowest BCUT2D eigenvalue weighted by Gasteiger charge is -2.28. The second kappa shape index (κ2) is 5.98. The summed E-state index contributed by atoms with van der Waals surface area (Å²) in [4.78, 5) is 15.8. The fraction of sp³-hybridized carbons (Fsp3) is 0.222. The van der Waals surface area contributed by atoms with E-state index < -0.39 is 23.6 Å². The lowest BCUT2D eigenvalue weighted by atomic mass is 9.99. The van der Waals surface area contributed by atoms with Crippen molar-refractivity contribution in [2.75, 3.05) is 11.9 Å². The van der Waals surface area contributed by atoms with Crippen LogP contribution in [0.5, 0.6) is 5.75 Å². The molecule has 8 heteroatoms. The number of ether oxygens (including phenoxy) is 1. The second-order valence-corrected chi connectivity index (χ2v) is 6.19. The van der Waals surface area contributed by atoms with Crippen LogP contribution >= 0.6 is 0 Å². The Morgan fingerprint density at radius 1 is 1.35 bits per heavy atom. The predicted molar refractivity (Wildman–Crippen MR) is 89.7 cm³/mol. The van der Waals surface area contributed by atoms with E-state index in [0.717, 1.165) is 17.8 Å². The Kier molecular flexibility index (Phi) is 3.75. The molecule has 2 N–H and O–H groups in total. The number of imidazole rings is 1. The summed E-state index contributed by atoms with van der Waals surface area (Å²) in [6, 6.07) is 2.92. The van der Waals surface area contributed by atoms with Crippen molar-refractivity contribution in [2.24, 2.45) is 0 Å². The van der Waals surface area contributed by atoms with E-state index in [1.807, 2.05) is 0 Å². The molecule has 3 heterocycles. The topological polar surface area (TPSA) is 75.9 Å². The number of nitrogens with one attached hydrogen (secondary N) is 1. The lowest BCUT2D eigenvalue weighted by Crippen LogP contribution is -2.22. The van der Waals surface area contributed by atoms with Crippen molar-refractivity contribution in [3.05, 3.63) is 59.0 Å². The summed E-state index contributed by atoms with van der Waals surface area (Å²) >= 11 is 0. The van der Waals surface area contributed by atoms with Gasteiger partial charge in [0.1, 0.15) is 17.4 Å². The fourth-order valence-electron chi connectivity index (χ4n) is 3.23. The minimum absolute atomic E-state index is 0.0734. The number of anilines is 1. The van der Waals surface area contributed by atoms with Crippen LogP contribution < -0.4 is 10.1 Å². The third-order valence-corrected chi connectivity index (χ3v) is 4.32. The number of hydrogen-bond acceptors (Lipinski definition) is 4. The summed E-state index contributed by atoms with van der Waals surface area (Å²) in [5, 5.41) is 12.5. The maximum absolute atomic E-state index is 14.3. The normalized spacial score (nSPS) is 16.2. The highest BCUT2D eigenvalue weighted by atomic mass is 19.1. The number of pyridine rings is 1. The molecule has 4 rings (SSSR count). The van der Waals surface area contributed by atoms with Gasteiger partial charge in [0.05, 0.1) is 35.2 Å². The summed E-state index contributed by atoms with van der Waals surface area (Å²) in [6.07, 6.45) is 3.62. The predicted octanol–water partition coefficient (Wildman–Crippen LogP) is 3.55. The Hall–Kier alpha value is -3.16. The summed E-state index contributed by atoms with van der Waals surface area (Å²) in [6.45, 7) is 2.08. The number of halogens is 2. The Balaban J connectivity index is 1.81. The maximum Gasteiger partial charge on any atom is 0.337 e. The molecule has 0 radical (unpaired) electrons. The van der Waals surface area contributed by atoms with Crippen molar-refractivity contribution in [3.63, 3.8) is 0 Å². The SMILES string of the molecule is Cc1cn2cc(C(=O)O)cc(NC3CCOc4cc(F)cc(F)c43)c2n1. The third kappa shape index (κ3) is 2.73. The van der Waals surface area contributed by atoms with Crippen LogP contribution in [0.4, 0.5) is 14.5 Å². The molecule has 0 saturated carbocycles. The number of carboxylic acid groups (broad SMARTS) is 1. The van der Waals surface area contributed by atoms with Crippen LogP contribution in [-0.4, -0.2) is 27.1 Å². The zero-order valence-electron chi connectivity index (χ0n) is 13.8. The van der Waals surface area contributed by atoms with E-state index in [9.17, 15) is 18.7 Å². The van der Waals surface area contributed by atoms with Crippen molar-refractivity contribution in [1.82, 2.24) is 9.38 Å². The van der Waals surface area contributed by atoms with Gasteiger partial charge in [-0.1, -0.05) is 0 Å². The smallest absolute Gasteiger partial charge is 0.337 e. The number of nitrogens with zero attached hydrogens (tertiary/aromatic N) is 2. The molecule has 134 valence electrons. The Bertz CT molecular complexity index is 1030. The highest BCUT2D eigenvalue weighted by Gasteiger charge is 2.27. The molecule has 6 nitrogen and oxygen atoms in total. The van der Waals surface area contributed by atoms with E-state index >= 15 is 0 Å². The number of aryl methyl sites for hydroxylation is 1. The van der Waals surface area contributed by atoms with Gasteiger partial charge >= 0.3 is 5.97 Å². The van der Waals surface area contributed by atoms with Gasteiger partial charge in [-0.05, 0) is 13.0 Å². The number of hydrogen-bond donors (Lipinski definition) is 2. The Morgan fingerprint density at radius 2 is 2.15 bits per heavy atom. The first kappa shape index (κ1) is 16.3. The molecule has 0 amide bonds. The van der Waals surface area contributed by atoms with E-state index in [0.29, 0.717) is 17.8 Å². The summed E-state index contributed by atoms with van der Waals surface area (Å²) in [5.74, 6) is -2.35. The average Bonchev–Trinajstić information content (AvgIpc) is 2.94. The van der Waals surface area contributed by atoms with Crippen molar-refractivity contribution in [3.8, 4) is 5.75 Å². The number of rotatable bonds is 3. The number of aromatic carboxylic acids is 1. The van der Waals surface area contributed by atoms with Crippen LogP contribution in [0.25, 0.3) is 5.65 Å². The standard InChI is InChI=1S/C18H15F2N3O3/c1-9-7-23-8-10(18(24)25)4-14(17(23)21-9)22-13-2-3-26-15-6-11(19)5-12(20)16(13)15/h4-8,13,22H,2-3H2,1H3,(H,24,25). The third-order valence-electron chi connectivity index (χ3n) is 4.32. The average molecular weight is 359 g/mol. The van der Waals surface area contributed by atoms with Crippen LogP contribution in [0.2, 0.25) is 0 Å². The second-order valence-electron chi connectivity index (χ2n) is 6.19. The van der Waals surface area contributed by atoms with E-state index in [2.05, 4.69) is 10.3 Å². The lowest BCUT2D eigenvalue weighted by molar-refractivity contribution is 0.0696.